The van der Waals surface area contributed by atoms with Crippen LogP contribution in [-0.2, 0) is 9.53 Å². The molecule has 0 aliphatic carbocycles. The maximum Gasteiger partial charge on any atom is 0.339 e. The van der Waals surface area contributed by atoms with Crippen molar-refractivity contribution in [3.63, 3.8) is 0 Å². The van der Waals surface area contributed by atoms with Crippen LogP contribution in [0.25, 0.3) is 5.57 Å². The van der Waals surface area contributed by atoms with E-state index in [0.717, 1.165) is 5.71 Å². The van der Waals surface area contributed by atoms with Crippen molar-refractivity contribution in [1.29, 1.82) is 0 Å². The summed E-state index contributed by atoms with van der Waals surface area (Å²) in [4.78, 5) is 25.7. The minimum absolute atomic E-state index is 0.324. The van der Waals surface area contributed by atoms with Crippen LogP contribution in [0.4, 0.5) is 0 Å². The number of pyridine rings is 1. The van der Waals surface area contributed by atoms with E-state index in [1.54, 1.807) is 38.3 Å². The van der Waals surface area contributed by atoms with Crippen LogP contribution in [-0.4, -0.2) is 36.0 Å². The molecule has 0 N–H and O–H groups in total. The van der Waals surface area contributed by atoms with Crippen LogP contribution in [0.15, 0.2) is 34.6 Å². The summed E-state index contributed by atoms with van der Waals surface area (Å²) in [6, 6.07) is 3.40. The average Bonchev–Trinajstić information content (AvgIpc) is 2.54. The minimum atomic E-state index is -0.476. The Labute approximate surface area is 130 Å². The van der Waals surface area contributed by atoms with E-state index in [1.807, 2.05) is 13.8 Å². The van der Waals surface area contributed by atoms with E-state index in [4.69, 9.17) is 9.57 Å². The molecule has 0 unspecified atom stereocenters. The van der Waals surface area contributed by atoms with Crippen LogP contribution in [0.3, 0.4) is 0 Å². The maximum atomic E-state index is 11.8. The largest absolute Gasteiger partial charge is 0.465 e. The predicted octanol–water partition coefficient (Wildman–Crippen LogP) is 2.89. The third-order valence-electron chi connectivity index (χ3n) is 2.92. The molecule has 1 aromatic rings. The monoisotopic (exact) mass is 303 g/mol. The SMILES string of the molecule is C/C=C(/C(=O)OC)c1ncccc1O/N=C(\C)C(C)=NCC. The van der Waals surface area contributed by atoms with Gasteiger partial charge < -0.3 is 9.57 Å². The first-order valence-electron chi connectivity index (χ1n) is 6.98. The third-order valence-corrected chi connectivity index (χ3v) is 2.92. The molecule has 0 saturated heterocycles. The predicted molar refractivity (Wildman–Crippen MR) is 87.3 cm³/mol. The molecule has 22 heavy (non-hydrogen) atoms. The zero-order valence-electron chi connectivity index (χ0n) is 13.6. The Morgan fingerprint density at radius 3 is 2.68 bits per heavy atom. The summed E-state index contributed by atoms with van der Waals surface area (Å²) >= 11 is 0. The Morgan fingerprint density at radius 1 is 1.36 bits per heavy atom. The lowest BCUT2D eigenvalue weighted by Gasteiger charge is -2.08. The van der Waals surface area contributed by atoms with Gasteiger partial charge in [0.25, 0.3) is 0 Å². The standard InChI is InChI=1S/C16H21N3O3/c1-6-13(16(20)21-5)15-14(9-8-10-18-15)22-19-12(4)11(3)17-7-2/h6,8-10H,7H2,1-5H3/b13-6+,17-11?,19-12+. The summed E-state index contributed by atoms with van der Waals surface area (Å²) in [6.45, 7) is 8.04. The second kappa shape index (κ2) is 8.71. The summed E-state index contributed by atoms with van der Waals surface area (Å²) < 4.78 is 4.75. The number of nitrogens with zero attached hydrogens (tertiary/aromatic N) is 3. The summed E-state index contributed by atoms with van der Waals surface area (Å²) in [5.41, 5.74) is 2.17. The first-order chi connectivity index (χ1) is 10.5. The van der Waals surface area contributed by atoms with Crippen molar-refractivity contribution in [3.8, 4) is 5.75 Å². The number of methoxy groups -OCH3 is 1. The fourth-order valence-corrected chi connectivity index (χ4v) is 1.66. The number of ether oxygens (including phenoxy) is 1. The van der Waals surface area contributed by atoms with Crippen molar-refractivity contribution in [1.82, 2.24) is 4.98 Å². The topological polar surface area (TPSA) is 73.1 Å². The van der Waals surface area contributed by atoms with Gasteiger partial charge in [0.15, 0.2) is 5.75 Å². The van der Waals surface area contributed by atoms with E-state index in [9.17, 15) is 4.79 Å². The van der Waals surface area contributed by atoms with Crippen LogP contribution >= 0.6 is 0 Å². The molecule has 1 heterocycles. The average molecular weight is 303 g/mol. The quantitative estimate of drug-likeness (QED) is 0.350. The molecule has 0 radical (unpaired) electrons. The first-order valence-corrected chi connectivity index (χ1v) is 6.98. The number of esters is 1. The summed E-state index contributed by atoms with van der Waals surface area (Å²) in [6.07, 6.45) is 3.20. The van der Waals surface area contributed by atoms with Gasteiger partial charge in [-0.1, -0.05) is 11.2 Å². The van der Waals surface area contributed by atoms with Gasteiger partial charge in [0.2, 0.25) is 0 Å². The normalized spacial score (nSPS) is 13.0. The summed E-state index contributed by atoms with van der Waals surface area (Å²) in [5, 5.41) is 4.04. The maximum absolute atomic E-state index is 11.8. The van der Waals surface area contributed by atoms with Crippen LogP contribution < -0.4 is 4.84 Å². The van der Waals surface area contributed by atoms with Crippen molar-refractivity contribution in [2.75, 3.05) is 13.7 Å². The number of aromatic nitrogens is 1. The second-order valence-corrected chi connectivity index (χ2v) is 4.37. The van der Waals surface area contributed by atoms with E-state index >= 15 is 0 Å². The van der Waals surface area contributed by atoms with Crippen molar-refractivity contribution in [2.45, 2.75) is 27.7 Å². The number of aliphatic imine (C=N–C) groups is 1. The van der Waals surface area contributed by atoms with Gasteiger partial charge in [-0.2, -0.15) is 0 Å². The number of carbonyl (C=O) groups excluding carboxylic acids is 1. The van der Waals surface area contributed by atoms with Crippen molar-refractivity contribution in [2.24, 2.45) is 10.1 Å². The van der Waals surface area contributed by atoms with E-state index in [0.29, 0.717) is 29.3 Å². The number of allylic oxidation sites excluding steroid dienone is 1. The van der Waals surface area contributed by atoms with Crippen LogP contribution in [0.2, 0.25) is 0 Å². The highest BCUT2D eigenvalue weighted by Gasteiger charge is 2.17. The van der Waals surface area contributed by atoms with Gasteiger partial charge >= 0.3 is 5.97 Å². The molecule has 0 amide bonds. The summed E-state index contributed by atoms with van der Waals surface area (Å²) in [5.74, 6) is -0.0971. The van der Waals surface area contributed by atoms with Gasteiger partial charge in [-0.3, -0.25) is 9.98 Å². The van der Waals surface area contributed by atoms with E-state index in [1.165, 1.54) is 7.11 Å². The number of hydrogen-bond acceptors (Lipinski definition) is 6. The van der Waals surface area contributed by atoms with Gasteiger partial charge in [0.1, 0.15) is 5.69 Å². The molecule has 6 nitrogen and oxygen atoms in total. The van der Waals surface area contributed by atoms with Crippen molar-refractivity contribution in [3.05, 3.63) is 30.1 Å². The molecule has 1 rings (SSSR count). The zero-order chi connectivity index (χ0) is 16.5. The third kappa shape index (κ3) is 4.51. The number of oxime groups is 1. The molecule has 0 aliphatic rings. The van der Waals surface area contributed by atoms with Gasteiger partial charge in [0, 0.05) is 12.7 Å². The zero-order valence-corrected chi connectivity index (χ0v) is 13.6. The fourth-order valence-electron chi connectivity index (χ4n) is 1.66. The van der Waals surface area contributed by atoms with Gasteiger partial charge in [-0.05, 0) is 39.8 Å². The lowest BCUT2D eigenvalue weighted by atomic mass is 10.1. The van der Waals surface area contributed by atoms with Crippen LogP contribution in [0, 0.1) is 0 Å². The fraction of sp³-hybridized carbons (Fsp3) is 0.375. The van der Waals surface area contributed by atoms with E-state index in [-0.39, 0.29) is 0 Å². The molecule has 0 aromatic carbocycles. The highest BCUT2D eigenvalue weighted by molar-refractivity contribution is 6.40. The Morgan fingerprint density at radius 2 is 2.09 bits per heavy atom. The smallest absolute Gasteiger partial charge is 0.339 e. The molecule has 0 atom stereocenters. The molecule has 0 aliphatic heterocycles. The minimum Gasteiger partial charge on any atom is -0.465 e. The molecular weight excluding hydrogens is 282 g/mol. The Bertz CT molecular complexity index is 619. The van der Waals surface area contributed by atoms with Crippen LogP contribution in [0.1, 0.15) is 33.4 Å². The molecule has 1 aromatic heterocycles. The molecule has 0 bridgehead atoms. The lowest BCUT2D eigenvalue weighted by Crippen LogP contribution is -2.09. The first kappa shape index (κ1) is 17.6. The summed E-state index contributed by atoms with van der Waals surface area (Å²) in [7, 11) is 1.32. The van der Waals surface area contributed by atoms with Gasteiger partial charge in [-0.25, -0.2) is 4.79 Å². The van der Waals surface area contributed by atoms with Gasteiger partial charge in [-0.15, -0.1) is 0 Å². The molecule has 118 valence electrons. The van der Waals surface area contributed by atoms with Gasteiger partial charge in [0.05, 0.1) is 24.1 Å². The van der Waals surface area contributed by atoms with Crippen LogP contribution in [0.5, 0.6) is 5.75 Å². The molecular formula is C16H21N3O3. The molecule has 0 fully saturated rings. The lowest BCUT2D eigenvalue weighted by molar-refractivity contribution is -0.133. The number of rotatable bonds is 6. The second-order valence-electron chi connectivity index (χ2n) is 4.37. The van der Waals surface area contributed by atoms with E-state index < -0.39 is 5.97 Å². The highest BCUT2D eigenvalue weighted by Crippen LogP contribution is 2.24. The van der Waals surface area contributed by atoms with E-state index in [2.05, 4.69) is 15.1 Å². The van der Waals surface area contributed by atoms with Crippen molar-refractivity contribution < 1.29 is 14.4 Å². The Hall–Kier alpha value is -2.50. The Balaban J connectivity index is 3.10. The number of hydrogen-bond donors (Lipinski definition) is 0. The Kier molecular flexibility index (Phi) is 6.95. The molecule has 6 heteroatoms. The molecule has 0 spiro atoms. The van der Waals surface area contributed by atoms with Crippen molar-refractivity contribution >= 4 is 23.0 Å². The molecule has 0 saturated carbocycles. The number of carbonyl (C=O) groups is 1. The highest BCUT2D eigenvalue weighted by atomic mass is 16.6.